The van der Waals surface area contributed by atoms with E-state index in [4.69, 9.17) is 9.47 Å². The summed E-state index contributed by atoms with van der Waals surface area (Å²) < 4.78 is 97.2. The summed E-state index contributed by atoms with van der Waals surface area (Å²) >= 11 is 0. The summed E-state index contributed by atoms with van der Waals surface area (Å²) in [5, 5.41) is 19.8. The minimum absolute atomic E-state index is 0.0286. The Hall–Kier alpha value is -5.46. The number of halogens is 4. The molecule has 0 aliphatic rings. The van der Waals surface area contributed by atoms with Gasteiger partial charge in [0, 0.05) is 12.6 Å². The lowest BCUT2D eigenvalue weighted by Gasteiger charge is -2.30. The number of benzene rings is 4. The number of sulfonamides is 1. The van der Waals surface area contributed by atoms with Crippen LogP contribution in [0.4, 0.5) is 23.2 Å². The molecule has 0 fully saturated rings. The maximum Gasteiger partial charge on any atom is 0.337 e. The van der Waals surface area contributed by atoms with Crippen molar-refractivity contribution in [1.82, 2.24) is 4.31 Å². The van der Waals surface area contributed by atoms with Crippen molar-refractivity contribution < 1.29 is 50.1 Å². The summed E-state index contributed by atoms with van der Waals surface area (Å²) in [6, 6.07) is 17.9. The minimum atomic E-state index is -5.38. The van der Waals surface area contributed by atoms with E-state index in [-0.39, 0.29) is 47.9 Å². The van der Waals surface area contributed by atoms with Gasteiger partial charge in [-0.15, -0.1) is 0 Å². The van der Waals surface area contributed by atoms with Crippen molar-refractivity contribution in [3.63, 3.8) is 0 Å². The molecule has 0 spiro atoms. The van der Waals surface area contributed by atoms with E-state index in [1.54, 1.807) is 45.0 Å². The Kier molecular flexibility index (Phi) is 11.8. The topological polar surface area (TPSA) is 137 Å². The third kappa shape index (κ3) is 8.21. The van der Waals surface area contributed by atoms with Gasteiger partial charge in [-0.1, -0.05) is 36.4 Å². The fraction of sp³-hybridized carbons (Fsp3) is 0.229. The van der Waals surface area contributed by atoms with Crippen molar-refractivity contribution in [3.05, 3.63) is 118 Å². The Balaban J connectivity index is 1.92. The molecule has 0 radical (unpaired) electrons. The minimum Gasteiger partial charge on any atom is -0.492 e. The van der Waals surface area contributed by atoms with Crippen molar-refractivity contribution in [3.8, 4) is 17.6 Å². The second kappa shape index (κ2) is 15.8. The molecular weight excluding hydrogens is 682 g/mol. The first-order valence-corrected chi connectivity index (χ1v) is 16.5. The van der Waals surface area contributed by atoms with E-state index in [2.05, 4.69) is 0 Å². The van der Waals surface area contributed by atoms with Crippen molar-refractivity contribution in [2.24, 2.45) is 0 Å². The quantitative estimate of drug-likeness (QED) is 0.0898. The van der Waals surface area contributed by atoms with E-state index in [1.165, 1.54) is 42.5 Å². The van der Waals surface area contributed by atoms with Crippen LogP contribution in [0.15, 0.2) is 77.7 Å². The zero-order valence-electron chi connectivity index (χ0n) is 27.0. The predicted octanol–water partition coefficient (Wildman–Crippen LogP) is 6.42. The molecule has 0 aliphatic carbocycles. The van der Waals surface area contributed by atoms with Gasteiger partial charge in [0.15, 0.2) is 23.3 Å². The third-order valence-electron chi connectivity index (χ3n) is 7.19. The fourth-order valence-electron chi connectivity index (χ4n) is 5.01. The second-order valence-electron chi connectivity index (χ2n) is 11.0. The lowest BCUT2D eigenvalue weighted by molar-refractivity contribution is -0.119. The number of ether oxygens (including phenoxy) is 2. The number of amides is 1. The molecule has 0 saturated heterocycles. The highest BCUT2D eigenvalue weighted by molar-refractivity contribution is 7.89. The van der Waals surface area contributed by atoms with Crippen LogP contribution < -0.4 is 14.4 Å². The van der Waals surface area contributed by atoms with Crippen LogP contribution in [-0.4, -0.2) is 49.0 Å². The van der Waals surface area contributed by atoms with E-state index in [1.807, 2.05) is 6.07 Å². The highest BCUT2D eigenvalue weighted by Crippen LogP contribution is 2.35. The lowest BCUT2D eigenvalue weighted by atomic mass is 10.1. The molecule has 1 amide bonds. The normalized spacial score (nSPS) is 11.4. The SMILES string of the molecule is CCOc1cccc(C(=O)O)c1N(Cc1cccc(OC(C)C)c1)C(=O)CN(Cc1ccccc1C#N)S(=O)(=O)c1cc(F)c(F)c(F)c1F. The van der Waals surface area contributed by atoms with Crippen LogP contribution in [-0.2, 0) is 27.9 Å². The highest BCUT2D eigenvalue weighted by Gasteiger charge is 2.36. The van der Waals surface area contributed by atoms with Crippen LogP contribution in [0, 0.1) is 34.6 Å². The molecular formula is C35H31F4N3O7S. The number of aromatic carboxylic acids is 1. The summed E-state index contributed by atoms with van der Waals surface area (Å²) in [5.74, 6) is -11.1. The third-order valence-corrected chi connectivity index (χ3v) is 8.99. The molecule has 0 aromatic heterocycles. The van der Waals surface area contributed by atoms with Crippen LogP contribution in [0.5, 0.6) is 11.5 Å². The molecule has 0 heterocycles. The van der Waals surface area contributed by atoms with Gasteiger partial charge in [-0.2, -0.15) is 9.57 Å². The van der Waals surface area contributed by atoms with E-state index < -0.39 is 68.7 Å². The molecule has 0 aliphatic heterocycles. The number of nitriles is 1. The van der Waals surface area contributed by atoms with Gasteiger partial charge in [0.1, 0.15) is 22.1 Å². The smallest absolute Gasteiger partial charge is 0.337 e. The van der Waals surface area contributed by atoms with E-state index >= 15 is 4.39 Å². The number of carboxylic acids is 1. The average molecular weight is 714 g/mol. The standard InChI is InChI=1S/C35H31F4N3O7S/c1-4-48-28-14-8-13-26(35(44)45)34(28)42(18-22-9-7-12-25(15-22)49-21(2)3)30(43)20-41(19-24-11-6-5-10-23(24)17-40)50(46,47)29-16-27(36)31(37)33(39)32(29)38/h5-16,21H,4,18-20H2,1-3H3,(H,44,45). The molecule has 4 rings (SSSR count). The van der Waals surface area contributed by atoms with Crippen LogP contribution in [0.2, 0.25) is 0 Å². The molecule has 10 nitrogen and oxygen atoms in total. The van der Waals surface area contributed by atoms with Gasteiger partial charge in [0.05, 0.1) is 43.0 Å². The molecule has 0 saturated carbocycles. The highest BCUT2D eigenvalue weighted by atomic mass is 32.2. The Morgan fingerprint density at radius 2 is 1.62 bits per heavy atom. The first-order valence-electron chi connectivity index (χ1n) is 15.1. The van der Waals surface area contributed by atoms with Gasteiger partial charge >= 0.3 is 5.97 Å². The van der Waals surface area contributed by atoms with Gasteiger partial charge in [0.2, 0.25) is 15.9 Å². The monoisotopic (exact) mass is 713 g/mol. The van der Waals surface area contributed by atoms with Crippen LogP contribution >= 0.6 is 0 Å². The number of hydrogen-bond acceptors (Lipinski definition) is 7. The first-order chi connectivity index (χ1) is 23.7. The van der Waals surface area contributed by atoms with Gasteiger partial charge in [-0.3, -0.25) is 4.79 Å². The molecule has 0 bridgehead atoms. The molecule has 15 heteroatoms. The summed E-state index contributed by atoms with van der Waals surface area (Å²) in [4.78, 5) is 26.2. The van der Waals surface area contributed by atoms with Gasteiger partial charge in [-0.05, 0) is 62.2 Å². The number of carbonyl (C=O) groups excluding carboxylic acids is 1. The number of carboxylic acid groups (broad SMARTS) is 1. The van der Waals surface area contributed by atoms with E-state index in [9.17, 15) is 41.5 Å². The van der Waals surface area contributed by atoms with Crippen molar-refractivity contribution in [2.45, 2.75) is 44.9 Å². The second-order valence-corrected chi connectivity index (χ2v) is 12.9. The lowest BCUT2D eigenvalue weighted by Crippen LogP contribution is -2.43. The molecule has 0 unspecified atom stereocenters. The Labute approximate surface area is 285 Å². The number of anilines is 1. The molecule has 1 N–H and O–H groups in total. The molecule has 50 heavy (non-hydrogen) atoms. The van der Waals surface area contributed by atoms with Gasteiger partial charge < -0.3 is 19.5 Å². The van der Waals surface area contributed by atoms with Crippen LogP contribution in [0.1, 0.15) is 47.8 Å². The Bertz CT molecular complexity index is 2070. The number of hydrogen-bond donors (Lipinski definition) is 1. The number of nitrogens with zero attached hydrogens (tertiary/aromatic N) is 3. The van der Waals surface area contributed by atoms with Crippen LogP contribution in [0.25, 0.3) is 0 Å². The zero-order chi connectivity index (χ0) is 36.7. The number of rotatable bonds is 14. The van der Waals surface area contributed by atoms with E-state index in [0.717, 1.165) is 4.90 Å². The van der Waals surface area contributed by atoms with Crippen molar-refractivity contribution in [2.75, 3.05) is 18.1 Å². The van der Waals surface area contributed by atoms with Crippen LogP contribution in [0.3, 0.4) is 0 Å². The average Bonchev–Trinajstić information content (AvgIpc) is 3.07. The molecule has 4 aromatic carbocycles. The molecule has 0 atom stereocenters. The van der Waals surface area contributed by atoms with Gasteiger partial charge in [0.25, 0.3) is 0 Å². The maximum absolute atomic E-state index is 15.0. The van der Waals surface area contributed by atoms with Gasteiger partial charge in [-0.25, -0.2) is 30.8 Å². The zero-order valence-corrected chi connectivity index (χ0v) is 27.8. The summed E-state index contributed by atoms with van der Waals surface area (Å²) in [5.41, 5.74) is -0.234. The number of carbonyl (C=O) groups is 2. The van der Waals surface area contributed by atoms with Crippen molar-refractivity contribution >= 4 is 27.6 Å². The largest absolute Gasteiger partial charge is 0.492 e. The summed E-state index contributed by atoms with van der Waals surface area (Å²) in [6.07, 6.45) is -0.225. The Morgan fingerprint density at radius 1 is 0.920 bits per heavy atom. The predicted molar refractivity (Wildman–Crippen MR) is 173 cm³/mol. The number of para-hydroxylation sites is 1. The Morgan fingerprint density at radius 3 is 2.28 bits per heavy atom. The summed E-state index contributed by atoms with van der Waals surface area (Å²) in [6.45, 7) is 2.92. The molecule has 4 aromatic rings. The van der Waals surface area contributed by atoms with Crippen molar-refractivity contribution in [1.29, 1.82) is 5.26 Å². The summed E-state index contributed by atoms with van der Waals surface area (Å²) in [7, 11) is -5.38. The van der Waals surface area contributed by atoms with E-state index in [0.29, 0.717) is 15.6 Å². The fourth-order valence-corrected chi connectivity index (χ4v) is 6.44. The molecule has 262 valence electrons. The maximum atomic E-state index is 15.0. The first kappa shape index (κ1) is 37.4.